The molecule has 0 radical (unpaired) electrons. The van der Waals surface area contributed by atoms with Crippen LogP contribution < -0.4 is 5.32 Å². The summed E-state index contributed by atoms with van der Waals surface area (Å²) in [6.07, 6.45) is 6.47. The van der Waals surface area contributed by atoms with Gasteiger partial charge in [-0.2, -0.15) is 0 Å². The molecule has 0 unspecified atom stereocenters. The first kappa shape index (κ1) is 12.5. The maximum Gasteiger partial charge on any atom is 0.100 e. The van der Waals surface area contributed by atoms with E-state index in [9.17, 15) is 0 Å². The van der Waals surface area contributed by atoms with E-state index in [1.54, 1.807) is 0 Å². The van der Waals surface area contributed by atoms with Crippen molar-refractivity contribution in [2.75, 3.05) is 0 Å². The first-order valence-corrected chi connectivity index (χ1v) is 7.42. The number of nitrogens with zero attached hydrogens (tertiary/aromatic N) is 3. The van der Waals surface area contributed by atoms with Crippen molar-refractivity contribution < 1.29 is 0 Å². The number of hydrogen-bond donors (Lipinski definition) is 1. The molecule has 1 aromatic carbocycles. The van der Waals surface area contributed by atoms with Crippen molar-refractivity contribution in [1.29, 1.82) is 0 Å². The van der Waals surface area contributed by atoms with Crippen LogP contribution in [0.3, 0.4) is 0 Å². The Labute approximate surface area is 123 Å². The topological polar surface area (TPSA) is 42.7 Å². The van der Waals surface area contributed by atoms with Gasteiger partial charge in [-0.15, -0.1) is 0 Å². The Morgan fingerprint density at radius 2 is 2.10 bits per heavy atom. The zero-order valence-electron chi connectivity index (χ0n) is 12.1. The lowest BCUT2D eigenvalue weighted by molar-refractivity contribution is 0.682. The fourth-order valence-electron chi connectivity index (χ4n) is 2.63. The van der Waals surface area contributed by atoms with E-state index in [1.807, 2.05) is 31.6 Å². The average molecular weight is 278 g/mol. The highest BCUT2D eigenvalue weighted by atomic mass is 15.1. The highest BCUT2D eigenvalue weighted by molar-refractivity contribution is 5.77. The Morgan fingerprint density at radius 3 is 2.95 bits per heavy atom. The van der Waals surface area contributed by atoms with Gasteiger partial charge in [-0.25, -0.2) is 4.98 Å². The summed E-state index contributed by atoms with van der Waals surface area (Å²) in [5.41, 5.74) is 5.57. The molecule has 1 fully saturated rings. The Morgan fingerprint density at radius 1 is 1.24 bits per heavy atom. The number of benzene rings is 1. The Hall–Kier alpha value is -2.20. The predicted octanol–water partition coefficient (Wildman–Crippen LogP) is 2.98. The Bertz CT molecular complexity index is 786. The van der Waals surface area contributed by atoms with Gasteiger partial charge in [0.15, 0.2) is 0 Å². The van der Waals surface area contributed by atoms with E-state index in [-0.39, 0.29) is 0 Å². The molecule has 21 heavy (non-hydrogen) atoms. The van der Waals surface area contributed by atoms with Crippen LogP contribution in [0.5, 0.6) is 0 Å². The van der Waals surface area contributed by atoms with Crippen LogP contribution in [-0.2, 0) is 6.54 Å². The molecule has 2 aromatic heterocycles. The van der Waals surface area contributed by atoms with Crippen molar-refractivity contribution in [3.05, 3.63) is 54.1 Å². The Balaban J connectivity index is 1.80. The minimum atomic E-state index is 0.693. The maximum absolute atomic E-state index is 4.50. The van der Waals surface area contributed by atoms with Crippen molar-refractivity contribution in [2.24, 2.45) is 0 Å². The zero-order chi connectivity index (χ0) is 14.2. The lowest BCUT2D eigenvalue weighted by Crippen LogP contribution is -2.17. The van der Waals surface area contributed by atoms with Crippen LogP contribution in [0.15, 0.2) is 42.9 Å². The minimum absolute atomic E-state index is 0.693. The second-order valence-electron chi connectivity index (χ2n) is 5.71. The number of hydrogen-bond acceptors (Lipinski definition) is 3. The van der Waals surface area contributed by atoms with Gasteiger partial charge in [0, 0.05) is 30.0 Å². The predicted molar refractivity (Wildman–Crippen MR) is 83.5 cm³/mol. The molecular weight excluding hydrogens is 260 g/mol. The summed E-state index contributed by atoms with van der Waals surface area (Å²) in [5, 5.41) is 3.57. The molecule has 4 heteroatoms. The van der Waals surface area contributed by atoms with Crippen LogP contribution in [-0.4, -0.2) is 20.6 Å². The smallest absolute Gasteiger partial charge is 0.100 e. The molecule has 4 rings (SSSR count). The summed E-state index contributed by atoms with van der Waals surface area (Å²) in [7, 11) is 0. The van der Waals surface area contributed by atoms with Gasteiger partial charge in [0.05, 0.1) is 16.7 Å². The van der Waals surface area contributed by atoms with E-state index < -0.39 is 0 Å². The number of para-hydroxylation sites is 2. The van der Waals surface area contributed by atoms with Gasteiger partial charge in [0.1, 0.15) is 6.33 Å². The molecule has 106 valence electrons. The van der Waals surface area contributed by atoms with E-state index in [0.29, 0.717) is 6.04 Å². The van der Waals surface area contributed by atoms with Gasteiger partial charge in [-0.3, -0.25) is 9.55 Å². The van der Waals surface area contributed by atoms with Gasteiger partial charge in [-0.1, -0.05) is 12.1 Å². The number of fused-ring (bicyclic) bond motifs is 1. The van der Waals surface area contributed by atoms with Crippen LogP contribution in [0.4, 0.5) is 0 Å². The molecule has 0 bridgehead atoms. The standard InChI is InChI=1S/C17H18N4/c1-12-8-17(13(9-18-12)10-19-14-6-7-14)21-11-20-15-4-2-3-5-16(15)21/h2-5,8-9,11,14,19H,6-7,10H2,1H3. The van der Waals surface area contributed by atoms with Crippen LogP contribution in [0, 0.1) is 6.92 Å². The van der Waals surface area contributed by atoms with Crippen LogP contribution in [0.25, 0.3) is 16.7 Å². The number of pyridine rings is 1. The molecule has 2 heterocycles. The number of aryl methyl sites for hydroxylation is 1. The van der Waals surface area contributed by atoms with Gasteiger partial charge in [0.25, 0.3) is 0 Å². The van der Waals surface area contributed by atoms with E-state index in [4.69, 9.17) is 0 Å². The summed E-state index contributed by atoms with van der Waals surface area (Å²) in [6.45, 7) is 2.89. The van der Waals surface area contributed by atoms with Gasteiger partial charge >= 0.3 is 0 Å². The second kappa shape index (κ2) is 4.97. The molecule has 4 nitrogen and oxygen atoms in total. The second-order valence-corrected chi connectivity index (χ2v) is 5.71. The summed E-state index contributed by atoms with van der Waals surface area (Å²) in [6, 6.07) is 11.1. The highest BCUT2D eigenvalue weighted by Gasteiger charge is 2.21. The normalized spacial score (nSPS) is 14.7. The fourth-order valence-corrected chi connectivity index (χ4v) is 2.63. The molecule has 0 aliphatic heterocycles. The van der Waals surface area contributed by atoms with Crippen molar-refractivity contribution in [2.45, 2.75) is 32.4 Å². The van der Waals surface area contributed by atoms with E-state index in [2.05, 4.69) is 38.1 Å². The fraction of sp³-hybridized carbons (Fsp3) is 0.294. The number of nitrogens with one attached hydrogen (secondary N) is 1. The van der Waals surface area contributed by atoms with E-state index in [0.717, 1.165) is 23.3 Å². The number of aromatic nitrogens is 3. The summed E-state index contributed by atoms with van der Waals surface area (Å²) < 4.78 is 2.16. The maximum atomic E-state index is 4.50. The third-order valence-electron chi connectivity index (χ3n) is 3.97. The quantitative estimate of drug-likeness (QED) is 0.798. The van der Waals surface area contributed by atoms with E-state index in [1.165, 1.54) is 24.1 Å². The molecule has 0 amide bonds. The van der Waals surface area contributed by atoms with Crippen molar-refractivity contribution >= 4 is 11.0 Å². The average Bonchev–Trinajstić information content (AvgIpc) is 3.23. The SMILES string of the molecule is Cc1cc(-n2cnc3ccccc32)c(CNC2CC2)cn1. The zero-order valence-corrected chi connectivity index (χ0v) is 12.1. The molecule has 1 saturated carbocycles. The largest absolute Gasteiger partial charge is 0.310 e. The lowest BCUT2D eigenvalue weighted by Gasteiger charge is -2.12. The van der Waals surface area contributed by atoms with Crippen LogP contribution in [0.1, 0.15) is 24.1 Å². The van der Waals surface area contributed by atoms with Crippen molar-refractivity contribution in [3.8, 4) is 5.69 Å². The molecule has 1 aliphatic rings. The third-order valence-corrected chi connectivity index (χ3v) is 3.97. The van der Waals surface area contributed by atoms with Crippen LogP contribution in [0.2, 0.25) is 0 Å². The molecule has 0 atom stereocenters. The number of imidazole rings is 1. The monoisotopic (exact) mass is 278 g/mol. The molecule has 0 spiro atoms. The molecular formula is C17H18N4. The summed E-state index contributed by atoms with van der Waals surface area (Å²) >= 11 is 0. The summed E-state index contributed by atoms with van der Waals surface area (Å²) in [5.74, 6) is 0. The lowest BCUT2D eigenvalue weighted by atomic mass is 10.2. The van der Waals surface area contributed by atoms with Crippen molar-refractivity contribution in [3.63, 3.8) is 0 Å². The Kier molecular flexibility index (Phi) is 2.97. The molecule has 3 aromatic rings. The first-order chi connectivity index (χ1) is 10.3. The van der Waals surface area contributed by atoms with Gasteiger partial charge < -0.3 is 5.32 Å². The van der Waals surface area contributed by atoms with Gasteiger partial charge in [0.2, 0.25) is 0 Å². The third kappa shape index (κ3) is 2.43. The molecule has 0 saturated heterocycles. The van der Waals surface area contributed by atoms with Crippen molar-refractivity contribution in [1.82, 2.24) is 19.9 Å². The number of rotatable bonds is 4. The summed E-state index contributed by atoms with van der Waals surface area (Å²) in [4.78, 5) is 8.95. The first-order valence-electron chi connectivity index (χ1n) is 7.42. The molecule has 1 N–H and O–H groups in total. The molecule has 1 aliphatic carbocycles. The minimum Gasteiger partial charge on any atom is -0.310 e. The van der Waals surface area contributed by atoms with Crippen LogP contribution >= 0.6 is 0 Å². The van der Waals surface area contributed by atoms with E-state index >= 15 is 0 Å². The van der Waals surface area contributed by atoms with Gasteiger partial charge in [-0.05, 0) is 38.0 Å². The highest BCUT2D eigenvalue weighted by Crippen LogP contribution is 2.23.